The average molecular weight is 444 g/mol. The first kappa shape index (κ1) is 20.3. The first-order chi connectivity index (χ1) is 15.2. The Morgan fingerprint density at radius 1 is 1.09 bits per heavy atom. The van der Waals surface area contributed by atoms with E-state index in [0.717, 1.165) is 37.9 Å². The lowest BCUT2D eigenvalue weighted by molar-refractivity contribution is -0.137. The molecule has 1 aromatic carbocycles. The summed E-state index contributed by atoms with van der Waals surface area (Å²) >= 11 is 0. The van der Waals surface area contributed by atoms with E-state index < -0.39 is 23.4 Å². The molecule has 3 aromatic rings. The van der Waals surface area contributed by atoms with Gasteiger partial charge in [0.25, 0.3) is 11.7 Å². The van der Waals surface area contributed by atoms with E-state index in [2.05, 4.69) is 15.4 Å². The molecule has 1 saturated carbocycles. The van der Waals surface area contributed by atoms with Gasteiger partial charge in [-0.2, -0.15) is 18.3 Å². The first-order valence-electron chi connectivity index (χ1n) is 10.2. The number of nitrogens with zero attached hydrogens (tertiary/aromatic N) is 3. The topological polar surface area (TPSA) is 78.3 Å². The van der Waals surface area contributed by atoms with E-state index in [-0.39, 0.29) is 11.4 Å². The van der Waals surface area contributed by atoms with E-state index >= 15 is 0 Å². The normalized spacial score (nSPS) is 16.5. The van der Waals surface area contributed by atoms with Gasteiger partial charge in [0.1, 0.15) is 0 Å². The zero-order chi connectivity index (χ0) is 22.5. The van der Waals surface area contributed by atoms with Crippen LogP contribution in [0.1, 0.15) is 47.3 Å². The Kier molecular flexibility index (Phi) is 4.61. The molecule has 1 aliphatic heterocycles. The SMILES string of the molecule is Cc1c(C(=O)Nc2ccc3c(c2)OC2(CCCC2)O3)cnn1-c1ccc(C(F)(F)F)cn1. The standard InChI is InChI=1S/C22H19F3N4O3/c1-13-16(12-27-29(13)19-7-4-14(11-26-19)22(23,24)25)20(30)28-15-5-6-17-18(10-15)32-21(31-17)8-2-3-9-21/h4-7,10-12H,2-3,8-9H2,1H3,(H,28,30). The van der Waals surface area contributed by atoms with Gasteiger partial charge in [0.2, 0.25) is 0 Å². The minimum Gasteiger partial charge on any atom is -0.448 e. The van der Waals surface area contributed by atoms with Gasteiger partial charge >= 0.3 is 6.18 Å². The molecule has 0 atom stereocenters. The van der Waals surface area contributed by atoms with Gasteiger partial charge in [-0.25, -0.2) is 9.67 Å². The van der Waals surface area contributed by atoms with E-state index in [0.29, 0.717) is 22.9 Å². The van der Waals surface area contributed by atoms with Gasteiger partial charge in [-0.05, 0) is 44.0 Å². The molecule has 166 valence electrons. The van der Waals surface area contributed by atoms with Crippen molar-refractivity contribution >= 4 is 11.6 Å². The van der Waals surface area contributed by atoms with E-state index in [1.54, 1.807) is 25.1 Å². The maximum absolute atomic E-state index is 12.8. The number of amides is 1. The number of ether oxygens (including phenoxy) is 2. The van der Waals surface area contributed by atoms with E-state index in [9.17, 15) is 18.0 Å². The summed E-state index contributed by atoms with van der Waals surface area (Å²) in [5.74, 6) is 0.431. The van der Waals surface area contributed by atoms with Crippen LogP contribution in [0.25, 0.3) is 5.82 Å². The van der Waals surface area contributed by atoms with E-state index in [1.165, 1.54) is 16.9 Å². The molecule has 2 aliphatic rings. The smallest absolute Gasteiger partial charge is 0.417 e. The summed E-state index contributed by atoms with van der Waals surface area (Å²) in [4.78, 5) is 16.6. The summed E-state index contributed by atoms with van der Waals surface area (Å²) in [6.07, 6.45) is 1.38. The molecule has 1 N–H and O–H groups in total. The van der Waals surface area contributed by atoms with Crippen LogP contribution in [-0.2, 0) is 6.18 Å². The quantitative estimate of drug-likeness (QED) is 0.623. The lowest BCUT2D eigenvalue weighted by Gasteiger charge is -2.21. The van der Waals surface area contributed by atoms with Crippen molar-refractivity contribution in [1.82, 2.24) is 14.8 Å². The molecule has 1 spiro atoms. The van der Waals surface area contributed by atoms with Crippen molar-refractivity contribution < 1.29 is 27.4 Å². The fourth-order valence-corrected chi connectivity index (χ4v) is 4.03. The highest BCUT2D eigenvalue weighted by atomic mass is 19.4. The van der Waals surface area contributed by atoms with Crippen LogP contribution in [0.3, 0.4) is 0 Å². The molecule has 1 amide bonds. The maximum atomic E-state index is 12.8. The predicted molar refractivity (Wildman–Crippen MR) is 108 cm³/mol. The van der Waals surface area contributed by atoms with Crippen molar-refractivity contribution in [2.75, 3.05) is 5.32 Å². The zero-order valence-electron chi connectivity index (χ0n) is 17.1. The van der Waals surface area contributed by atoms with Crippen molar-refractivity contribution in [3.05, 3.63) is 59.5 Å². The van der Waals surface area contributed by atoms with Gasteiger partial charge in [0.05, 0.1) is 23.0 Å². The van der Waals surface area contributed by atoms with Crippen molar-refractivity contribution in [1.29, 1.82) is 0 Å². The largest absolute Gasteiger partial charge is 0.448 e. The number of aromatic nitrogens is 3. The summed E-state index contributed by atoms with van der Waals surface area (Å²) in [6, 6.07) is 7.34. The number of carbonyl (C=O) groups excluding carboxylic acids is 1. The summed E-state index contributed by atoms with van der Waals surface area (Å²) in [5, 5.41) is 6.92. The second-order valence-electron chi connectivity index (χ2n) is 7.90. The molecular weight excluding hydrogens is 425 g/mol. The molecule has 1 aliphatic carbocycles. The molecule has 32 heavy (non-hydrogen) atoms. The van der Waals surface area contributed by atoms with Gasteiger partial charge in [-0.1, -0.05) is 0 Å². The van der Waals surface area contributed by atoms with E-state index in [1.807, 2.05) is 0 Å². The molecular formula is C22H19F3N4O3. The van der Waals surface area contributed by atoms with Gasteiger partial charge in [0, 0.05) is 30.8 Å². The van der Waals surface area contributed by atoms with Gasteiger partial charge < -0.3 is 14.8 Å². The van der Waals surface area contributed by atoms with Crippen molar-refractivity contribution in [3.63, 3.8) is 0 Å². The molecule has 5 rings (SSSR count). The van der Waals surface area contributed by atoms with Crippen LogP contribution in [0.15, 0.2) is 42.7 Å². The molecule has 0 unspecified atom stereocenters. The van der Waals surface area contributed by atoms with Crippen LogP contribution in [-0.4, -0.2) is 26.5 Å². The Hall–Kier alpha value is -3.56. The third kappa shape index (κ3) is 3.55. The van der Waals surface area contributed by atoms with Crippen LogP contribution in [0.5, 0.6) is 11.5 Å². The number of hydrogen-bond donors (Lipinski definition) is 1. The summed E-state index contributed by atoms with van der Waals surface area (Å²) in [7, 11) is 0. The molecule has 10 heteroatoms. The van der Waals surface area contributed by atoms with Crippen molar-refractivity contribution in [3.8, 4) is 17.3 Å². The zero-order valence-corrected chi connectivity index (χ0v) is 17.1. The minimum atomic E-state index is -4.47. The van der Waals surface area contributed by atoms with Crippen LogP contribution in [0.2, 0.25) is 0 Å². The number of rotatable bonds is 3. The van der Waals surface area contributed by atoms with Gasteiger partial charge in [-0.3, -0.25) is 4.79 Å². The summed E-state index contributed by atoms with van der Waals surface area (Å²) < 4.78 is 51.6. The van der Waals surface area contributed by atoms with Gasteiger partial charge in [-0.15, -0.1) is 0 Å². The number of halogens is 3. The molecule has 2 aromatic heterocycles. The highest BCUT2D eigenvalue weighted by molar-refractivity contribution is 6.05. The third-order valence-electron chi connectivity index (χ3n) is 5.71. The lowest BCUT2D eigenvalue weighted by Crippen LogP contribution is -2.34. The number of benzene rings is 1. The van der Waals surface area contributed by atoms with Crippen LogP contribution >= 0.6 is 0 Å². The van der Waals surface area contributed by atoms with Crippen LogP contribution < -0.4 is 14.8 Å². The fraction of sp³-hybridized carbons (Fsp3) is 0.318. The summed E-state index contributed by atoms with van der Waals surface area (Å²) in [5.41, 5.74) is 0.399. The van der Waals surface area contributed by atoms with Crippen molar-refractivity contribution in [2.45, 2.75) is 44.6 Å². The average Bonchev–Trinajstić information content (AvgIpc) is 3.45. The molecule has 0 saturated heterocycles. The Morgan fingerprint density at radius 3 is 2.53 bits per heavy atom. The van der Waals surface area contributed by atoms with Crippen LogP contribution in [0.4, 0.5) is 18.9 Å². The number of anilines is 1. The number of carbonyl (C=O) groups is 1. The van der Waals surface area contributed by atoms with E-state index in [4.69, 9.17) is 9.47 Å². The fourth-order valence-electron chi connectivity index (χ4n) is 4.03. The monoisotopic (exact) mass is 444 g/mol. The maximum Gasteiger partial charge on any atom is 0.417 e. The number of pyridine rings is 1. The highest BCUT2D eigenvalue weighted by Gasteiger charge is 2.44. The molecule has 7 nitrogen and oxygen atoms in total. The number of alkyl halides is 3. The Balaban J connectivity index is 1.33. The van der Waals surface area contributed by atoms with Crippen molar-refractivity contribution in [2.24, 2.45) is 0 Å². The molecule has 0 radical (unpaired) electrons. The van der Waals surface area contributed by atoms with Crippen LogP contribution in [0, 0.1) is 6.92 Å². The predicted octanol–water partition coefficient (Wildman–Crippen LogP) is 4.89. The number of hydrogen-bond acceptors (Lipinski definition) is 5. The second-order valence-corrected chi connectivity index (χ2v) is 7.90. The molecule has 1 fully saturated rings. The Bertz CT molecular complexity index is 1180. The second kappa shape index (κ2) is 7.25. The summed E-state index contributed by atoms with van der Waals surface area (Å²) in [6.45, 7) is 1.64. The highest BCUT2D eigenvalue weighted by Crippen LogP contribution is 2.47. The Morgan fingerprint density at radius 2 is 1.84 bits per heavy atom. The third-order valence-corrected chi connectivity index (χ3v) is 5.71. The molecule has 0 bridgehead atoms. The van der Waals surface area contributed by atoms with Gasteiger partial charge in [0.15, 0.2) is 17.3 Å². The molecule has 3 heterocycles. The Labute approximate surface area is 181 Å². The minimum absolute atomic E-state index is 0.180. The number of fused-ring (bicyclic) bond motifs is 1. The number of nitrogens with one attached hydrogen (secondary N) is 1. The lowest BCUT2D eigenvalue weighted by atomic mass is 10.2. The first-order valence-corrected chi connectivity index (χ1v) is 10.2.